The molecule has 0 atom stereocenters. The van der Waals surface area contributed by atoms with Crippen LogP contribution in [-0.2, 0) is 44.0 Å². The molecule has 25 heavy (non-hydrogen) atoms. The summed E-state index contributed by atoms with van der Waals surface area (Å²) in [6, 6.07) is 9.18. The van der Waals surface area contributed by atoms with Gasteiger partial charge in [0.25, 0.3) is 6.43 Å². The van der Waals surface area contributed by atoms with Crippen molar-refractivity contribution in [2.24, 2.45) is 0 Å². The molecule has 1 heterocycles. The zero-order valence-electron chi connectivity index (χ0n) is 13.9. The first-order valence-corrected chi connectivity index (χ1v) is 7.63. The summed E-state index contributed by atoms with van der Waals surface area (Å²) in [6.45, 7) is 1.63. The van der Waals surface area contributed by atoms with Crippen LogP contribution in [0.2, 0.25) is 5.02 Å². The third-order valence-corrected chi connectivity index (χ3v) is 3.66. The van der Waals surface area contributed by atoms with Crippen molar-refractivity contribution in [3.05, 3.63) is 51.3 Å². The van der Waals surface area contributed by atoms with Crippen LogP contribution in [0.3, 0.4) is 0 Å². The molecule has 0 N–H and O–H groups in total. The summed E-state index contributed by atoms with van der Waals surface area (Å²) in [6.07, 6.45) is -2.66. The molecule has 8 heteroatoms. The molecule has 0 amide bonds. The molecular formula is C17H17ClF2NO3Y-. The number of methoxy groups -OCH3 is 1. The topological polar surface area (TPSA) is 40.5 Å². The smallest absolute Gasteiger partial charge is 0.256 e. The average Bonchev–Trinajstić information content (AvgIpc) is 2.53. The average molecular weight is 446 g/mol. The van der Waals surface area contributed by atoms with Crippen molar-refractivity contribution in [1.82, 2.24) is 4.57 Å². The van der Waals surface area contributed by atoms with Gasteiger partial charge in [0.2, 0.25) is 0 Å². The molecule has 133 valence electrons. The van der Waals surface area contributed by atoms with E-state index in [1.54, 1.807) is 32.2 Å². The van der Waals surface area contributed by atoms with Crippen molar-refractivity contribution in [3.8, 4) is 17.0 Å². The van der Waals surface area contributed by atoms with Crippen LogP contribution in [0.1, 0.15) is 5.56 Å². The quantitative estimate of drug-likeness (QED) is 0.483. The molecule has 0 aliphatic rings. The Kier molecular flexibility index (Phi) is 9.21. The van der Waals surface area contributed by atoms with E-state index in [-0.39, 0.29) is 43.4 Å². The summed E-state index contributed by atoms with van der Waals surface area (Å²) in [5.41, 5.74) is 0.517. The zero-order valence-corrected chi connectivity index (χ0v) is 17.5. The molecule has 0 saturated carbocycles. The van der Waals surface area contributed by atoms with E-state index in [0.717, 1.165) is 4.57 Å². The van der Waals surface area contributed by atoms with Crippen molar-refractivity contribution in [3.63, 3.8) is 0 Å². The van der Waals surface area contributed by atoms with Crippen LogP contribution < -0.4 is 10.3 Å². The Morgan fingerprint density at radius 2 is 2.04 bits per heavy atom. The number of aryl methyl sites for hydroxylation is 1. The fourth-order valence-corrected chi connectivity index (χ4v) is 2.45. The van der Waals surface area contributed by atoms with Gasteiger partial charge >= 0.3 is 0 Å². The summed E-state index contributed by atoms with van der Waals surface area (Å²) in [5.74, 6) is 0.524. The summed E-state index contributed by atoms with van der Waals surface area (Å²) >= 11 is 6.24. The van der Waals surface area contributed by atoms with E-state index in [4.69, 9.17) is 21.1 Å². The Morgan fingerprint density at radius 1 is 1.32 bits per heavy atom. The largest absolute Gasteiger partial charge is 0.491 e. The SMILES string of the molecule is COCCOc1ccc(-c2[c-]cc(C)c(=O)n2CC(F)F)c(Cl)c1.[Y]. The fraction of sp³-hybridized carbons (Fsp3) is 0.353. The van der Waals surface area contributed by atoms with E-state index >= 15 is 0 Å². The minimum absolute atomic E-state index is 0. The van der Waals surface area contributed by atoms with Gasteiger partial charge in [-0.25, -0.2) is 8.78 Å². The number of aromatic nitrogens is 1. The molecule has 0 aliphatic heterocycles. The second-order valence-electron chi connectivity index (χ2n) is 5.11. The maximum Gasteiger partial charge on any atom is 0.256 e. The van der Waals surface area contributed by atoms with Crippen LogP contribution in [0.4, 0.5) is 8.78 Å². The van der Waals surface area contributed by atoms with E-state index in [0.29, 0.717) is 30.1 Å². The Hall–Kier alpha value is -0.816. The predicted octanol–water partition coefficient (Wildman–Crippen LogP) is 3.57. The molecule has 0 saturated heterocycles. The van der Waals surface area contributed by atoms with Gasteiger partial charge < -0.3 is 14.0 Å². The first kappa shape index (κ1) is 22.2. The molecule has 1 aromatic heterocycles. The molecule has 0 bridgehead atoms. The number of hydrogen-bond donors (Lipinski definition) is 0. The molecule has 0 fully saturated rings. The van der Waals surface area contributed by atoms with E-state index in [9.17, 15) is 13.6 Å². The van der Waals surface area contributed by atoms with E-state index < -0.39 is 18.5 Å². The molecule has 2 rings (SSSR count). The van der Waals surface area contributed by atoms with Gasteiger partial charge in [-0.15, -0.1) is 6.07 Å². The third kappa shape index (κ3) is 5.85. The second-order valence-corrected chi connectivity index (χ2v) is 5.52. The summed E-state index contributed by atoms with van der Waals surface area (Å²) in [7, 11) is 1.56. The van der Waals surface area contributed by atoms with Gasteiger partial charge in [-0.2, -0.15) is 12.1 Å². The normalized spacial score (nSPS) is 10.6. The van der Waals surface area contributed by atoms with Crippen LogP contribution in [0.15, 0.2) is 29.1 Å². The van der Waals surface area contributed by atoms with Crippen molar-refractivity contribution >= 4 is 11.6 Å². The minimum Gasteiger partial charge on any atom is -0.491 e. The third-order valence-electron chi connectivity index (χ3n) is 3.35. The summed E-state index contributed by atoms with van der Waals surface area (Å²) in [5, 5.41) is 0.285. The molecule has 4 nitrogen and oxygen atoms in total. The standard InChI is InChI=1S/C17H17ClF2NO3.Y/c1-11-3-6-15(21(17(11)22)10-16(19)20)13-5-4-12(9-14(13)18)24-8-7-23-2;/h3-5,9,16H,7-8,10H2,1-2H3;/q-1;. The number of benzene rings is 1. The fourth-order valence-electron chi connectivity index (χ4n) is 2.19. The minimum atomic E-state index is -2.66. The van der Waals surface area contributed by atoms with E-state index in [1.165, 1.54) is 6.07 Å². The number of rotatable bonds is 7. The molecular weight excluding hydrogens is 429 g/mol. The Labute approximate surface area is 175 Å². The van der Waals surface area contributed by atoms with E-state index in [1.807, 2.05) is 0 Å². The monoisotopic (exact) mass is 445 g/mol. The Bertz CT molecular complexity index is 768. The van der Waals surface area contributed by atoms with Gasteiger partial charge in [-0.3, -0.25) is 4.79 Å². The van der Waals surface area contributed by atoms with Crippen molar-refractivity contribution in [2.75, 3.05) is 20.3 Å². The number of halogens is 3. The molecule has 0 unspecified atom stereocenters. The zero-order chi connectivity index (χ0) is 17.7. The van der Waals surface area contributed by atoms with Gasteiger partial charge in [-0.05, 0) is 17.2 Å². The van der Waals surface area contributed by atoms with Gasteiger partial charge in [-0.1, -0.05) is 35.3 Å². The van der Waals surface area contributed by atoms with Crippen LogP contribution in [-0.4, -0.2) is 31.3 Å². The van der Waals surface area contributed by atoms with Crippen LogP contribution in [0.25, 0.3) is 11.3 Å². The van der Waals surface area contributed by atoms with Gasteiger partial charge in [0.05, 0.1) is 13.2 Å². The van der Waals surface area contributed by atoms with Crippen molar-refractivity contribution in [2.45, 2.75) is 19.9 Å². The predicted molar refractivity (Wildman–Crippen MR) is 88.1 cm³/mol. The van der Waals surface area contributed by atoms with Gasteiger partial charge in [0, 0.05) is 39.8 Å². The van der Waals surface area contributed by atoms with Crippen LogP contribution in [0, 0.1) is 13.0 Å². The maximum atomic E-state index is 12.8. The number of pyridine rings is 1. The maximum absolute atomic E-state index is 12.8. The van der Waals surface area contributed by atoms with E-state index in [2.05, 4.69) is 6.07 Å². The number of hydrogen-bond acceptors (Lipinski definition) is 3. The van der Waals surface area contributed by atoms with Gasteiger partial charge in [0.1, 0.15) is 12.4 Å². The summed E-state index contributed by atoms with van der Waals surface area (Å²) < 4.78 is 37.0. The molecule has 2 aromatic rings. The van der Waals surface area contributed by atoms with Crippen LogP contribution in [0.5, 0.6) is 5.75 Å². The molecule has 0 aliphatic carbocycles. The van der Waals surface area contributed by atoms with Crippen molar-refractivity contribution < 1.29 is 51.0 Å². The second kappa shape index (κ2) is 10.4. The molecule has 1 radical (unpaired) electrons. The summed E-state index contributed by atoms with van der Waals surface area (Å²) in [4.78, 5) is 12.2. The Morgan fingerprint density at radius 3 is 2.64 bits per heavy atom. The molecule has 0 spiro atoms. The van der Waals surface area contributed by atoms with Gasteiger partial charge in [0.15, 0.2) is 5.56 Å². The van der Waals surface area contributed by atoms with Crippen LogP contribution >= 0.6 is 11.6 Å². The molecule has 1 aromatic carbocycles. The number of ether oxygens (including phenoxy) is 2. The number of alkyl halides is 2. The first-order chi connectivity index (χ1) is 11.4. The Balaban J connectivity index is 0.00000312. The van der Waals surface area contributed by atoms with Crippen molar-refractivity contribution in [1.29, 1.82) is 0 Å². The number of nitrogens with zero attached hydrogens (tertiary/aromatic N) is 1. The first-order valence-electron chi connectivity index (χ1n) is 7.26.